The highest BCUT2D eigenvalue weighted by molar-refractivity contribution is 7.17. The van der Waals surface area contributed by atoms with Gasteiger partial charge in [0, 0.05) is 10.9 Å². The summed E-state index contributed by atoms with van der Waals surface area (Å²) in [6.07, 6.45) is 3.04. The fraction of sp³-hybridized carbons (Fsp3) is 0.0667. The molecule has 3 aromatic rings. The fourth-order valence-electron chi connectivity index (χ4n) is 1.86. The van der Waals surface area contributed by atoms with Crippen LogP contribution >= 0.6 is 22.9 Å². The van der Waals surface area contributed by atoms with E-state index in [2.05, 4.69) is 14.6 Å². The molecular formula is C15H10FN3OS2. The Balaban J connectivity index is 1.89. The first-order valence-electron chi connectivity index (χ1n) is 6.37. The predicted octanol–water partition coefficient (Wildman–Crippen LogP) is 4.01. The third-order valence-electron chi connectivity index (χ3n) is 2.91. The van der Waals surface area contributed by atoms with Crippen molar-refractivity contribution in [3.8, 4) is 10.6 Å². The number of benzene rings is 1. The van der Waals surface area contributed by atoms with E-state index in [-0.39, 0.29) is 11.6 Å². The number of carbonyl (C=O) groups excluding carboxylic acids is 1. The van der Waals surface area contributed by atoms with Gasteiger partial charge < -0.3 is 0 Å². The van der Waals surface area contributed by atoms with Gasteiger partial charge >= 0.3 is 0 Å². The van der Waals surface area contributed by atoms with Crippen molar-refractivity contribution in [1.29, 1.82) is 0 Å². The largest absolute Gasteiger partial charge is 0.288 e. The monoisotopic (exact) mass is 331 g/mol. The summed E-state index contributed by atoms with van der Waals surface area (Å²) in [6.45, 7) is 1.74. The van der Waals surface area contributed by atoms with Crippen LogP contribution in [0.2, 0.25) is 0 Å². The molecule has 2 aromatic heterocycles. The molecule has 1 aromatic carbocycles. The molecular weight excluding hydrogens is 321 g/mol. The Morgan fingerprint density at radius 1 is 1.32 bits per heavy atom. The van der Waals surface area contributed by atoms with Crippen molar-refractivity contribution in [2.75, 3.05) is 0 Å². The van der Waals surface area contributed by atoms with Crippen LogP contribution in [0.15, 0.2) is 35.7 Å². The molecule has 0 aliphatic heterocycles. The van der Waals surface area contributed by atoms with E-state index in [0.29, 0.717) is 26.8 Å². The number of hydrogen-bond acceptors (Lipinski definition) is 6. The van der Waals surface area contributed by atoms with E-state index >= 15 is 0 Å². The van der Waals surface area contributed by atoms with Crippen molar-refractivity contribution in [3.05, 3.63) is 57.8 Å². The van der Waals surface area contributed by atoms with Crippen LogP contribution in [0.25, 0.3) is 16.6 Å². The summed E-state index contributed by atoms with van der Waals surface area (Å²) < 4.78 is 17.5. The van der Waals surface area contributed by atoms with Crippen molar-refractivity contribution >= 4 is 34.7 Å². The minimum Gasteiger partial charge on any atom is -0.288 e. The highest BCUT2D eigenvalue weighted by Crippen LogP contribution is 2.30. The lowest BCUT2D eigenvalue weighted by molar-refractivity contribution is 0.105. The van der Waals surface area contributed by atoms with E-state index in [1.165, 1.54) is 35.0 Å². The van der Waals surface area contributed by atoms with Crippen molar-refractivity contribution in [2.24, 2.45) is 0 Å². The van der Waals surface area contributed by atoms with Crippen molar-refractivity contribution in [3.63, 3.8) is 0 Å². The first kappa shape index (κ1) is 14.7. The number of carbonyl (C=O) groups is 1. The Morgan fingerprint density at radius 3 is 2.86 bits per heavy atom. The Bertz CT molecular complexity index is 840. The van der Waals surface area contributed by atoms with Gasteiger partial charge in [-0.15, -0.1) is 16.4 Å². The fourth-order valence-corrected chi connectivity index (χ4v) is 3.29. The van der Waals surface area contributed by atoms with Gasteiger partial charge in [-0.2, -0.15) is 0 Å². The zero-order chi connectivity index (χ0) is 15.5. The maximum Gasteiger partial charge on any atom is 0.197 e. The number of ketones is 1. The van der Waals surface area contributed by atoms with Gasteiger partial charge in [-0.05, 0) is 42.7 Å². The number of aromatic nitrogens is 3. The molecule has 22 heavy (non-hydrogen) atoms. The molecule has 0 fully saturated rings. The van der Waals surface area contributed by atoms with Crippen molar-refractivity contribution in [2.45, 2.75) is 6.92 Å². The molecule has 0 N–H and O–H groups in total. The summed E-state index contributed by atoms with van der Waals surface area (Å²) in [5, 5.41) is 6.08. The highest BCUT2D eigenvalue weighted by Gasteiger charge is 2.16. The number of nitrogens with zero attached hydrogens (tertiary/aromatic N) is 3. The molecule has 0 unspecified atom stereocenters. The zero-order valence-corrected chi connectivity index (χ0v) is 13.1. The van der Waals surface area contributed by atoms with E-state index in [9.17, 15) is 9.18 Å². The zero-order valence-electron chi connectivity index (χ0n) is 11.5. The SMILES string of the molecule is Cc1nc(-c2ccccc2F)sc1C(=O)C=Cc1csnn1. The standard InChI is InChI=1S/C15H10FN3OS2/c1-9-14(13(20)7-6-10-8-21-19-18-10)22-15(17-9)11-4-2-3-5-12(11)16/h2-8H,1H3. The molecule has 0 aliphatic rings. The molecule has 0 amide bonds. The van der Waals surface area contributed by atoms with Crippen LogP contribution in [0.3, 0.4) is 0 Å². The van der Waals surface area contributed by atoms with Gasteiger partial charge in [0.15, 0.2) is 5.78 Å². The van der Waals surface area contributed by atoms with Crippen LogP contribution in [0, 0.1) is 12.7 Å². The van der Waals surface area contributed by atoms with Gasteiger partial charge in [0.2, 0.25) is 0 Å². The highest BCUT2D eigenvalue weighted by atomic mass is 32.1. The van der Waals surface area contributed by atoms with Crippen LogP contribution < -0.4 is 0 Å². The molecule has 110 valence electrons. The number of aryl methyl sites for hydroxylation is 1. The number of thiazole rings is 1. The summed E-state index contributed by atoms with van der Waals surface area (Å²) in [7, 11) is 0. The van der Waals surface area contributed by atoms with Crippen LogP contribution in [-0.2, 0) is 0 Å². The minimum absolute atomic E-state index is 0.175. The van der Waals surface area contributed by atoms with Crippen molar-refractivity contribution < 1.29 is 9.18 Å². The number of hydrogen-bond donors (Lipinski definition) is 0. The van der Waals surface area contributed by atoms with E-state index in [1.54, 1.807) is 36.6 Å². The molecule has 3 rings (SSSR count). The molecule has 0 saturated carbocycles. The smallest absolute Gasteiger partial charge is 0.197 e. The van der Waals surface area contributed by atoms with Gasteiger partial charge in [-0.1, -0.05) is 16.6 Å². The molecule has 0 spiro atoms. The topological polar surface area (TPSA) is 55.7 Å². The Kier molecular flexibility index (Phi) is 4.17. The van der Waals surface area contributed by atoms with E-state index in [4.69, 9.17) is 0 Å². The minimum atomic E-state index is -0.348. The lowest BCUT2D eigenvalue weighted by atomic mass is 10.2. The van der Waals surface area contributed by atoms with Gasteiger partial charge in [-0.25, -0.2) is 9.37 Å². The Labute approximate surface area is 134 Å². The first-order valence-corrected chi connectivity index (χ1v) is 8.02. The normalized spacial score (nSPS) is 11.2. The summed E-state index contributed by atoms with van der Waals surface area (Å²) in [5.74, 6) is -0.523. The second-order valence-corrected chi connectivity index (χ2v) is 6.05. The summed E-state index contributed by atoms with van der Waals surface area (Å²) in [4.78, 5) is 17.0. The second-order valence-electron chi connectivity index (χ2n) is 4.44. The van der Waals surface area contributed by atoms with Gasteiger partial charge in [0.25, 0.3) is 0 Å². The quantitative estimate of drug-likeness (QED) is 0.535. The molecule has 0 bridgehead atoms. The lowest BCUT2D eigenvalue weighted by Gasteiger charge is -1.96. The maximum atomic E-state index is 13.8. The van der Waals surface area contributed by atoms with Crippen molar-refractivity contribution in [1.82, 2.24) is 14.6 Å². The number of rotatable bonds is 4. The van der Waals surface area contributed by atoms with Gasteiger partial charge in [0.05, 0.1) is 16.3 Å². The molecule has 0 saturated heterocycles. The van der Waals surface area contributed by atoms with Crippen LogP contribution in [0.1, 0.15) is 21.1 Å². The third-order valence-corrected chi connectivity index (χ3v) is 4.64. The average molecular weight is 331 g/mol. The summed E-state index contributed by atoms with van der Waals surface area (Å²) in [6, 6.07) is 6.39. The molecule has 0 atom stereocenters. The van der Waals surface area contributed by atoms with Crippen LogP contribution in [-0.4, -0.2) is 20.4 Å². The third kappa shape index (κ3) is 3.00. The van der Waals surface area contributed by atoms with Gasteiger partial charge in [-0.3, -0.25) is 4.79 Å². The molecule has 4 nitrogen and oxygen atoms in total. The van der Waals surface area contributed by atoms with E-state index < -0.39 is 0 Å². The number of halogens is 1. The van der Waals surface area contributed by atoms with Gasteiger partial charge in [0.1, 0.15) is 10.8 Å². The predicted molar refractivity (Wildman–Crippen MR) is 85.5 cm³/mol. The lowest BCUT2D eigenvalue weighted by Crippen LogP contribution is -1.93. The van der Waals surface area contributed by atoms with E-state index in [0.717, 1.165) is 0 Å². The average Bonchev–Trinajstić information content (AvgIpc) is 3.15. The van der Waals surface area contributed by atoms with E-state index in [1.807, 2.05) is 0 Å². The first-order chi connectivity index (χ1) is 10.6. The summed E-state index contributed by atoms with van der Waals surface area (Å²) >= 11 is 2.40. The Morgan fingerprint density at radius 2 is 2.14 bits per heavy atom. The van der Waals surface area contributed by atoms with Crippen LogP contribution in [0.4, 0.5) is 4.39 Å². The molecule has 2 heterocycles. The number of allylic oxidation sites excluding steroid dienone is 1. The Hall–Kier alpha value is -2.25. The second kappa shape index (κ2) is 6.25. The summed E-state index contributed by atoms with van der Waals surface area (Å²) in [5.41, 5.74) is 1.63. The molecule has 0 radical (unpaired) electrons. The maximum absolute atomic E-state index is 13.8. The molecule has 0 aliphatic carbocycles. The van der Waals surface area contributed by atoms with Crippen LogP contribution in [0.5, 0.6) is 0 Å². The molecule has 7 heteroatoms.